The maximum absolute atomic E-state index is 12.8. The summed E-state index contributed by atoms with van der Waals surface area (Å²) in [7, 11) is 0. The second kappa shape index (κ2) is 48.8. The van der Waals surface area contributed by atoms with E-state index in [0.717, 1.165) is 64.2 Å². The van der Waals surface area contributed by atoms with Crippen LogP contribution in [0.15, 0.2) is 12.2 Å². The number of rotatable bonds is 48. The molecule has 0 heterocycles. The van der Waals surface area contributed by atoms with Crippen molar-refractivity contribution >= 4 is 17.9 Å². The molecule has 0 bridgehead atoms. The van der Waals surface area contributed by atoms with E-state index in [1.54, 1.807) is 0 Å². The van der Waals surface area contributed by atoms with Crippen molar-refractivity contribution < 1.29 is 28.6 Å². The Balaban J connectivity index is 4.31. The molecule has 0 aromatic heterocycles. The van der Waals surface area contributed by atoms with Gasteiger partial charge in [0.25, 0.3) is 0 Å². The van der Waals surface area contributed by atoms with Crippen molar-refractivity contribution in [1.29, 1.82) is 0 Å². The van der Waals surface area contributed by atoms with Gasteiger partial charge in [-0.3, -0.25) is 14.4 Å². The Morgan fingerprint density at radius 1 is 0.322 bits per heavy atom. The fourth-order valence-electron chi connectivity index (χ4n) is 7.79. The van der Waals surface area contributed by atoms with Crippen molar-refractivity contribution in [3.05, 3.63) is 12.2 Å². The van der Waals surface area contributed by atoms with Crippen molar-refractivity contribution in [2.75, 3.05) is 13.2 Å². The lowest BCUT2D eigenvalue weighted by atomic mass is 10.0. The third-order valence-electron chi connectivity index (χ3n) is 11.8. The van der Waals surface area contributed by atoms with Gasteiger partial charge in [-0.1, -0.05) is 238 Å². The number of allylic oxidation sites excluding steroid dienone is 2. The van der Waals surface area contributed by atoms with E-state index in [4.69, 9.17) is 14.2 Å². The molecule has 0 saturated heterocycles. The number of unbranched alkanes of at least 4 members (excludes halogenated alkanes) is 35. The van der Waals surface area contributed by atoms with Crippen LogP contribution in [-0.4, -0.2) is 37.2 Å². The van der Waals surface area contributed by atoms with Gasteiger partial charge < -0.3 is 14.2 Å². The molecule has 0 aromatic carbocycles. The van der Waals surface area contributed by atoms with E-state index < -0.39 is 6.10 Å². The first-order chi connectivity index (χ1) is 29.0. The first-order valence-corrected chi connectivity index (χ1v) is 26.2. The fraction of sp³-hybridized carbons (Fsp3) is 0.906. The van der Waals surface area contributed by atoms with E-state index in [-0.39, 0.29) is 31.1 Å². The van der Waals surface area contributed by atoms with Crippen LogP contribution in [0.3, 0.4) is 0 Å². The lowest BCUT2D eigenvalue weighted by Crippen LogP contribution is -2.30. The minimum Gasteiger partial charge on any atom is -0.462 e. The highest BCUT2D eigenvalue weighted by atomic mass is 16.6. The molecule has 59 heavy (non-hydrogen) atoms. The summed E-state index contributed by atoms with van der Waals surface area (Å²) in [4.78, 5) is 37.9. The molecule has 0 aromatic rings. The van der Waals surface area contributed by atoms with Gasteiger partial charge in [-0.25, -0.2) is 0 Å². The molecule has 1 atom stereocenters. The Morgan fingerprint density at radius 2 is 0.559 bits per heavy atom. The first kappa shape index (κ1) is 57.1. The summed E-state index contributed by atoms with van der Waals surface area (Å²) in [5.41, 5.74) is 0. The molecule has 0 rings (SSSR count). The summed E-state index contributed by atoms with van der Waals surface area (Å²) in [5, 5.41) is 0. The Labute approximate surface area is 367 Å². The van der Waals surface area contributed by atoms with Gasteiger partial charge in [-0.15, -0.1) is 0 Å². The van der Waals surface area contributed by atoms with Crippen molar-refractivity contribution in [1.82, 2.24) is 0 Å². The van der Waals surface area contributed by atoms with Crippen LogP contribution in [0.4, 0.5) is 0 Å². The second-order valence-electron chi connectivity index (χ2n) is 17.8. The van der Waals surface area contributed by atoms with E-state index >= 15 is 0 Å². The molecule has 6 heteroatoms. The van der Waals surface area contributed by atoms with Crippen LogP contribution in [0.2, 0.25) is 0 Å². The molecule has 0 unspecified atom stereocenters. The average molecular weight is 833 g/mol. The normalized spacial score (nSPS) is 12.0. The van der Waals surface area contributed by atoms with Gasteiger partial charge in [0.1, 0.15) is 13.2 Å². The summed E-state index contributed by atoms with van der Waals surface area (Å²) >= 11 is 0. The minimum absolute atomic E-state index is 0.0680. The van der Waals surface area contributed by atoms with Gasteiger partial charge >= 0.3 is 17.9 Å². The van der Waals surface area contributed by atoms with E-state index in [2.05, 4.69) is 32.9 Å². The zero-order valence-corrected chi connectivity index (χ0v) is 39.8. The van der Waals surface area contributed by atoms with E-state index in [9.17, 15) is 14.4 Å². The molecule has 6 nitrogen and oxygen atoms in total. The highest BCUT2D eigenvalue weighted by Gasteiger charge is 2.19. The predicted molar refractivity (Wildman–Crippen MR) is 252 cm³/mol. The van der Waals surface area contributed by atoms with E-state index in [1.165, 1.54) is 186 Å². The lowest BCUT2D eigenvalue weighted by Gasteiger charge is -2.18. The molecule has 0 radical (unpaired) electrons. The number of hydrogen-bond acceptors (Lipinski definition) is 6. The maximum atomic E-state index is 12.8. The van der Waals surface area contributed by atoms with Gasteiger partial charge in [-0.2, -0.15) is 0 Å². The van der Waals surface area contributed by atoms with Crippen LogP contribution < -0.4 is 0 Å². The molecule has 0 aliphatic carbocycles. The van der Waals surface area contributed by atoms with Crippen LogP contribution in [-0.2, 0) is 28.6 Å². The molecular weight excluding hydrogens is 733 g/mol. The molecule has 0 spiro atoms. The van der Waals surface area contributed by atoms with Crippen molar-refractivity contribution in [2.45, 2.75) is 297 Å². The molecule has 348 valence electrons. The number of ether oxygens (including phenoxy) is 3. The number of hydrogen-bond donors (Lipinski definition) is 0. The van der Waals surface area contributed by atoms with Crippen molar-refractivity contribution in [3.63, 3.8) is 0 Å². The average Bonchev–Trinajstić information content (AvgIpc) is 3.23. The van der Waals surface area contributed by atoms with Gasteiger partial charge in [-0.05, 0) is 44.9 Å². The SMILES string of the molecule is CCCCCC/C=C\CCCCCCCC(=O)O[C@H](COC(=O)CCCCCCCCCCCCCC)COC(=O)CCCCCCCCCCCCCCCCCC. The first-order valence-electron chi connectivity index (χ1n) is 26.2. The Bertz CT molecular complexity index is 916. The maximum Gasteiger partial charge on any atom is 0.306 e. The van der Waals surface area contributed by atoms with Crippen molar-refractivity contribution in [2.24, 2.45) is 0 Å². The van der Waals surface area contributed by atoms with Crippen LogP contribution in [0.5, 0.6) is 0 Å². The largest absolute Gasteiger partial charge is 0.462 e. The van der Waals surface area contributed by atoms with Crippen LogP contribution in [0.1, 0.15) is 290 Å². The van der Waals surface area contributed by atoms with Crippen LogP contribution in [0, 0.1) is 0 Å². The third kappa shape index (κ3) is 47.1. The zero-order chi connectivity index (χ0) is 43.0. The van der Waals surface area contributed by atoms with Gasteiger partial charge in [0, 0.05) is 19.3 Å². The van der Waals surface area contributed by atoms with Gasteiger partial charge in [0.15, 0.2) is 6.10 Å². The molecule has 0 amide bonds. The predicted octanol–water partition coefficient (Wildman–Crippen LogP) is 17.0. The number of esters is 3. The standard InChI is InChI=1S/C53H100O6/c1-4-7-10-13-16-19-22-25-26-27-29-31-34-37-40-43-46-52(55)58-49-50(48-57-51(54)45-42-39-36-33-30-24-21-18-15-12-9-6-3)59-53(56)47-44-41-38-35-32-28-23-20-17-14-11-8-5-2/h20,23,50H,4-19,21-22,24-49H2,1-3H3/b23-20-/t50-/m1/s1. The van der Waals surface area contributed by atoms with Crippen molar-refractivity contribution in [3.8, 4) is 0 Å². The smallest absolute Gasteiger partial charge is 0.306 e. The topological polar surface area (TPSA) is 78.9 Å². The lowest BCUT2D eigenvalue weighted by molar-refractivity contribution is -0.167. The van der Waals surface area contributed by atoms with Gasteiger partial charge in [0.2, 0.25) is 0 Å². The summed E-state index contributed by atoms with van der Waals surface area (Å²) in [5.74, 6) is -0.860. The van der Waals surface area contributed by atoms with E-state index in [0.29, 0.717) is 19.3 Å². The summed E-state index contributed by atoms with van der Waals surface area (Å²) in [6, 6.07) is 0. The van der Waals surface area contributed by atoms with Gasteiger partial charge in [0.05, 0.1) is 0 Å². The fourth-order valence-corrected chi connectivity index (χ4v) is 7.79. The van der Waals surface area contributed by atoms with Crippen LogP contribution >= 0.6 is 0 Å². The molecule has 0 fully saturated rings. The summed E-state index contributed by atoms with van der Waals surface area (Å²) in [6.07, 6.45) is 53.3. The molecular formula is C53H100O6. The number of carbonyl (C=O) groups is 3. The highest BCUT2D eigenvalue weighted by molar-refractivity contribution is 5.71. The van der Waals surface area contributed by atoms with Crippen LogP contribution in [0.25, 0.3) is 0 Å². The summed E-state index contributed by atoms with van der Waals surface area (Å²) < 4.78 is 16.8. The second-order valence-corrected chi connectivity index (χ2v) is 17.8. The molecule has 0 aliphatic heterocycles. The minimum atomic E-state index is -0.767. The molecule has 0 N–H and O–H groups in total. The quantitative estimate of drug-likeness (QED) is 0.0263. The Morgan fingerprint density at radius 3 is 0.864 bits per heavy atom. The third-order valence-corrected chi connectivity index (χ3v) is 11.8. The zero-order valence-electron chi connectivity index (χ0n) is 39.8. The molecule has 0 aliphatic rings. The Hall–Kier alpha value is -1.85. The Kier molecular flexibility index (Phi) is 47.3. The number of carbonyl (C=O) groups excluding carboxylic acids is 3. The monoisotopic (exact) mass is 833 g/mol. The summed E-state index contributed by atoms with van der Waals surface area (Å²) in [6.45, 7) is 6.65. The van der Waals surface area contributed by atoms with E-state index in [1.807, 2.05) is 0 Å². The molecule has 0 saturated carbocycles. The highest BCUT2D eigenvalue weighted by Crippen LogP contribution is 2.16.